The van der Waals surface area contributed by atoms with E-state index in [2.05, 4.69) is 4.90 Å². The Kier molecular flexibility index (Phi) is 8.59. The zero-order valence-corrected chi connectivity index (χ0v) is 12.1. The van der Waals surface area contributed by atoms with E-state index in [1.54, 1.807) is 0 Å². The van der Waals surface area contributed by atoms with Gasteiger partial charge in [0.05, 0.1) is 13.2 Å². The van der Waals surface area contributed by atoms with Gasteiger partial charge in [0.2, 0.25) is 0 Å². The number of nitrogens with two attached hydrogens (primary N) is 1. The third kappa shape index (κ3) is 6.14. The number of nitrogens with zero attached hydrogens (tertiary/aromatic N) is 1. The summed E-state index contributed by atoms with van der Waals surface area (Å²) in [5.74, 6) is 0. The molecule has 0 aromatic rings. The molecule has 0 aromatic heterocycles. The smallest absolute Gasteiger partial charge is 0.0593 e. The second-order valence-corrected chi connectivity index (χ2v) is 5.00. The summed E-state index contributed by atoms with van der Waals surface area (Å²) in [7, 11) is 0. The van der Waals surface area contributed by atoms with E-state index in [0.717, 1.165) is 52.4 Å². The zero-order valence-electron chi connectivity index (χ0n) is 12.1. The normalized spacial score (nSPS) is 24.7. The third-order valence-corrected chi connectivity index (χ3v) is 3.71. The maximum absolute atomic E-state index is 5.97. The summed E-state index contributed by atoms with van der Waals surface area (Å²) >= 11 is 0. The van der Waals surface area contributed by atoms with E-state index in [-0.39, 0.29) is 0 Å². The SMILES string of the molecule is CCOCCN(CCOCC)C1CCC(N)CC1. The Hall–Kier alpha value is -0.160. The van der Waals surface area contributed by atoms with E-state index < -0.39 is 0 Å². The van der Waals surface area contributed by atoms with Crippen molar-refractivity contribution < 1.29 is 9.47 Å². The highest BCUT2D eigenvalue weighted by atomic mass is 16.5. The Morgan fingerprint density at radius 1 is 0.944 bits per heavy atom. The van der Waals surface area contributed by atoms with Crippen molar-refractivity contribution in [1.29, 1.82) is 0 Å². The van der Waals surface area contributed by atoms with Gasteiger partial charge in [-0.15, -0.1) is 0 Å². The van der Waals surface area contributed by atoms with Crippen molar-refractivity contribution in [2.45, 2.75) is 51.6 Å². The largest absolute Gasteiger partial charge is 0.380 e. The third-order valence-electron chi connectivity index (χ3n) is 3.71. The molecule has 0 bridgehead atoms. The maximum Gasteiger partial charge on any atom is 0.0593 e. The van der Waals surface area contributed by atoms with Crippen LogP contribution in [0.4, 0.5) is 0 Å². The van der Waals surface area contributed by atoms with Crippen LogP contribution in [0.3, 0.4) is 0 Å². The Morgan fingerprint density at radius 2 is 1.44 bits per heavy atom. The highest BCUT2D eigenvalue weighted by molar-refractivity contribution is 4.81. The minimum Gasteiger partial charge on any atom is -0.380 e. The monoisotopic (exact) mass is 258 g/mol. The van der Waals surface area contributed by atoms with Crippen LogP contribution in [0.2, 0.25) is 0 Å². The molecule has 0 aromatic carbocycles. The highest BCUT2D eigenvalue weighted by Gasteiger charge is 2.23. The Balaban J connectivity index is 2.32. The summed E-state index contributed by atoms with van der Waals surface area (Å²) in [6.45, 7) is 9.37. The molecule has 0 unspecified atom stereocenters. The molecule has 1 aliphatic rings. The number of ether oxygens (including phenoxy) is 2. The van der Waals surface area contributed by atoms with Gasteiger partial charge < -0.3 is 15.2 Å². The van der Waals surface area contributed by atoms with Crippen molar-refractivity contribution in [2.75, 3.05) is 39.5 Å². The summed E-state index contributed by atoms with van der Waals surface area (Å²) in [5, 5.41) is 0. The van der Waals surface area contributed by atoms with E-state index in [9.17, 15) is 0 Å². The molecule has 0 aliphatic heterocycles. The van der Waals surface area contributed by atoms with Crippen molar-refractivity contribution >= 4 is 0 Å². The minimum absolute atomic E-state index is 0.418. The average molecular weight is 258 g/mol. The summed E-state index contributed by atoms with van der Waals surface area (Å²) in [6, 6.07) is 1.09. The van der Waals surface area contributed by atoms with Crippen LogP contribution in [0.1, 0.15) is 39.5 Å². The Morgan fingerprint density at radius 3 is 1.89 bits per heavy atom. The van der Waals surface area contributed by atoms with Crippen molar-refractivity contribution in [3.8, 4) is 0 Å². The van der Waals surface area contributed by atoms with Crippen LogP contribution in [0.25, 0.3) is 0 Å². The second-order valence-electron chi connectivity index (χ2n) is 5.00. The van der Waals surface area contributed by atoms with E-state index in [1.165, 1.54) is 12.8 Å². The number of hydrogen-bond donors (Lipinski definition) is 1. The molecule has 0 atom stereocenters. The first-order valence-corrected chi connectivity index (χ1v) is 7.43. The van der Waals surface area contributed by atoms with E-state index in [0.29, 0.717) is 12.1 Å². The Labute approximate surface area is 112 Å². The molecule has 1 rings (SSSR count). The van der Waals surface area contributed by atoms with Gasteiger partial charge in [0.15, 0.2) is 0 Å². The fraction of sp³-hybridized carbons (Fsp3) is 1.00. The van der Waals surface area contributed by atoms with Crippen LogP contribution >= 0.6 is 0 Å². The first kappa shape index (κ1) is 15.9. The first-order chi connectivity index (χ1) is 8.77. The predicted molar refractivity (Wildman–Crippen MR) is 74.8 cm³/mol. The molecule has 0 radical (unpaired) electrons. The van der Waals surface area contributed by atoms with E-state index >= 15 is 0 Å². The van der Waals surface area contributed by atoms with Crippen LogP contribution in [0.15, 0.2) is 0 Å². The Bertz CT molecular complexity index is 184. The van der Waals surface area contributed by atoms with Gasteiger partial charge in [0.1, 0.15) is 0 Å². The van der Waals surface area contributed by atoms with Crippen molar-refractivity contribution in [3.05, 3.63) is 0 Å². The van der Waals surface area contributed by atoms with Crippen molar-refractivity contribution in [3.63, 3.8) is 0 Å². The van der Waals surface area contributed by atoms with Gasteiger partial charge in [0.25, 0.3) is 0 Å². The summed E-state index contributed by atoms with van der Waals surface area (Å²) in [6.07, 6.45) is 4.76. The molecule has 1 aliphatic carbocycles. The molecule has 1 saturated carbocycles. The van der Waals surface area contributed by atoms with Gasteiger partial charge in [0, 0.05) is 38.4 Å². The lowest BCUT2D eigenvalue weighted by Crippen LogP contribution is -2.43. The molecule has 1 fully saturated rings. The summed E-state index contributed by atoms with van der Waals surface area (Å²) < 4.78 is 11.0. The lowest BCUT2D eigenvalue weighted by molar-refractivity contribution is 0.0516. The van der Waals surface area contributed by atoms with E-state index in [1.807, 2.05) is 13.8 Å². The van der Waals surface area contributed by atoms with Crippen LogP contribution in [0, 0.1) is 0 Å². The topological polar surface area (TPSA) is 47.7 Å². The van der Waals surface area contributed by atoms with Gasteiger partial charge in [-0.2, -0.15) is 0 Å². The quantitative estimate of drug-likeness (QED) is 0.639. The van der Waals surface area contributed by atoms with E-state index in [4.69, 9.17) is 15.2 Å². The lowest BCUT2D eigenvalue weighted by atomic mass is 9.91. The molecular formula is C14H30N2O2. The molecule has 0 heterocycles. The van der Waals surface area contributed by atoms with Gasteiger partial charge in [-0.3, -0.25) is 4.90 Å². The molecule has 0 saturated heterocycles. The molecule has 0 spiro atoms. The van der Waals surface area contributed by atoms with Crippen LogP contribution in [0.5, 0.6) is 0 Å². The van der Waals surface area contributed by atoms with Crippen LogP contribution in [-0.2, 0) is 9.47 Å². The van der Waals surface area contributed by atoms with Crippen molar-refractivity contribution in [1.82, 2.24) is 4.90 Å². The fourth-order valence-electron chi connectivity index (χ4n) is 2.60. The molecule has 0 amide bonds. The highest BCUT2D eigenvalue weighted by Crippen LogP contribution is 2.21. The molecule has 4 nitrogen and oxygen atoms in total. The molecule has 2 N–H and O–H groups in total. The van der Waals surface area contributed by atoms with Gasteiger partial charge in [-0.25, -0.2) is 0 Å². The summed E-state index contributed by atoms with van der Waals surface area (Å²) in [4.78, 5) is 2.52. The lowest BCUT2D eigenvalue weighted by Gasteiger charge is -2.36. The average Bonchev–Trinajstić information content (AvgIpc) is 2.38. The number of rotatable bonds is 9. The van der Waals surface area contributed by atoms with Crippen LogP contribution < -0.4 is 5.73 Å². The second kappa shape index (κ2) is 9.73. The fourth-order valence-corrected chi connectivity index (χ4v) is 2.60. The van der Waals surface area contributed by atoms with Gasteiger partial charge >= 0.3 is 0 Å². The van der Waals surface area contributed by atoms with Gasteiger partial charge in [-0.1, -0.05) is 0 Å². The number of hydrogen-bond acceptors (Lipinski definition) is 4. The first-order valence-electron chi connectivity index (χ1n) is 7.43. The molecule has 18 heavy (non-hydrogen) atoms. The van der Waals surface area contributed by atoms with Gasteiger partial charge in [-0.05, 0) is 39.5 Å². The molecular weight excluding hydrogens is 228 g/mol. The van der Waals surface area contributed by atoms with Crippen molar-refractivity contribution in [2.24, 2.45) is 5.73 Å². The molecule has 108 valence electrons. The molecule has 4 heteroatoms. The minimum atomic E-state index is 0.418. The van der Waals surface area contributed by atoms with Crippen LogP contribution in [-0.4, -0.2) is 56.5 Å². The predicted octanol–water partition coefficient (Wildman–Crippen LogP) is 1.63. The maximum atomic E-state index is 5.97. The summed E-state index contributed by atoms with van der Waals surface area (Å²) in [5.41, 5.74) is 5.97. The zero-order chi connectivity index (χ0) is 13.2. The standard InChI is InChI=1S/C14H30N2O2/c1-3-17-11-9-16(10-12-18-4-2)14-7-5-13(15)6-8-14/h13-14H,3-12,15H2,1-2H3.